The van der Waals surface area contributed by atoms with E-state index in [1.807, 2.05) is 29.7 Å². The Balaban J connectivity index is 2.17. The molecule has 0 saturated carbocycles. The van der Waals surface area contributed by atoms with Gasteiger partial charge in [-0.05, 0) is 49.7 Å². The molecule has 0 fully saturated rings. The first kappa shape index (κ1) is 15.1. The van der Waals surface area contributed by atoms with Crippen molar-refractivity contribution in [2.45, 2.75) is 20.4 Å². The molecule has 3 rings (SSSR count). The minimum absolute atomic E-state index is 0.273. The van der Waals surface area contributed by atoms with Crippen LogP contribution in [0.2, 0.25) is 0 Å². The molecule has 0 radical (unpaired) electrons. The van der Waals surface area contributed by atoms with Crippen LogP contribution in [0.15, 0.2) is 47.5 Å². The van der Waals surface area contributed by atoms with E-state index in [1.165, 1.54) is 0 Å². The van der Waals surface area contributed by atoms with Crippen molar-refractivity contribution in [3.63, 3.8) is 0 Å². The molecule has 2 N–H and O–H groups in total. The van der Waals surface area contributed by atoms with Crippen LogP contribution in [0.4, 0.5) is 0 Å². The van der Waals surface area contributed by atoms with Crippen LogP contribution >= 0.6 is 0 Å². The minimum atomic E-state index is 0.273. The molecule has 5 nitrogen and oxygen atoms in total. The van der Waals surface area contributed by atoms with Crippen LogP contribution in [0.3, 0.4) is 0 Å². The highest BCUT2D eigenvalue weighted by Gasteiger charge is 2.11. The lowest BCUT2D eigenvalue weighted by atomic mass is 10.2. The van der Waals surface area contributed by atoms with Crippen LogP contribution in [0.5, 0.6) is 5.75 Å². The normalized spacial score (nSPS) is 12.0. The van der Waals surface area contributed by atoms with Crippen molar-refractivity contribution in [1.82, 2.24) is 9.13 Å². The molecule has 23 heavy (non-hydrogen) atoms. The van der Waals surface area contributed by atoms with Gasteiger partial charge < -0.3 is 9.67 Å². The van der Waals surface area contributed by atoms with E-state index in [1.54, 1.807) is 25.2 Å². The van der Waals surface area contributed by atoms with Gasteiger partial charge in [-0.3, -0.25) is 15.0 Å². The molecular formula is C18H20N4O. The zero-order valence-electron chi connectivity index (χ0n) is 13.5. The number of nitrogens with one attached hydrogen (secondary N) is 1. The lowest BCUT2D eigenvalue weighted by Gasteiger charge is -2.11. The number of hydrogen-bond donors (Lipinski definition) is 2. The SMILES string of the molecule is CN=C(C)n1c(=N)ccc2c1cc(C)n2Cc1ccc(O)cc1. The summed E-state index contributed by atoms with van der Waals surface area (Å²) >= 11 is 0. The third-order valence-corrected chi connectivity index (χ3v) is 4.13. The van der Waals surface area contributed by atoms with Gasteiger partial charge in [0.1, 0.15) is 17.1 Å². The second-order valence-corrected chi connectivity index (χ2v) is 5.63. The van der Waals surface area contributed by atoms with Gasteiger partial charge in [-0.1, -0.05) is 12.1 Å². The van der Waals surface area contributed by atoms with Gasteiger partial charge >= 0.3 is 0 Å². The molecule has 0 spiro atoms. The number of phenols is 1. The fraction of sp³-hybridized carbons (Fsp3) is 0.222. The Morgan fingerprint density at radius 3 is 2.48 bits per heavy atom. The van der Waals surface area contributed by atoms with Crippen LogP contribution in [-0.2, 0) is 6.54 Å². The number of fused-ring (bicyclic) bond motifs is 1. The van der Waals surface area contributed by atoms with E-state index in [9.17, 15) is 5.11 Å². The van der Waals surface area contributed by atoms with E-state index in [0.717, 1.165) is 34.7 Å². The lowest BCUT2D eigenvalue weighted by Crippen LogP contribution is -2.24. The molecule has 0 bridgehead atoms. The van der Waals surface area contributed by atoms with Crippen molar-refractivity contribution in [2.75, 3.05) is 7.05 Å². The Morgan fingerprint density at radius 1 is 1.13 bits per heavy atom. The van der Waals surface area contributed by atoms with Gasteiger partial charge in [0.15, 0.2) is 0 Å². The van der Waals surface area contributed by atoms with Crippen molar-refractivity contribution in [2.24, 2.45) is 4.99 Å². The number of hydrogen-bond acceptors (Lipinski definition) is 3. The number of rotatable bonds is 2. The molecule has 0 aliphatic heterocycles. The third kappa shape index (κ3) is 2.65. The van der Waals surface area contributed by atoms with Crippen LogP contribution in [0.1, 0.15) is 18.2 Å². The highest BCUT2D eigenvalue weighted by atomic mass is 16.3. The Bertz CT molecular complexity index is 946. The molecule has 0 saturated heterocycles. The maximum atomic E-state index is 9.42. The fourth-order valence-electron chi connectivity index (χ4n) is 2.84. The average molecular weight is 308 g/mol. The summed E-state index contributed by atoms with van der Waals surface area (Å²) in [6, 6.07) is 13.1. The van der Waals surface area contributed by atoms with Gasteiger partial charge in [0.25, 0.3) is 0 Å². The van der Waals surface area contributed by atoms with Crippen LogP contribution in [-0.4, -0.2) is 27.1 Å². The number of pyridine rings is 1. The van der Waals surface area contributed by atoms with Gasteiger partial charge in [0, 0.05) is 19.3 Å². The molecule has 0 aliphatic rings. The van der Waals surface area contributed by atoms with Gasteiger partial charge in [-0.15, -0.1) is 0 Å². The lowest BCUT2D eigenvalue weighted by molar-refractivity contribution is 0.475. The Labute approximate surface area is 134 Å². The van der Waals surface area contributed by atoms with Gasteiger partial charge in [-0.25, -0.2) is 0 Å². The van der Waals surface area contributed by atoms with Crippen molar-refractivity contribution >= 4 is 16.9 Å². The van der Waals surface area contributed by atoms with Gasteiger partial charge in [0.2, 0.25) is 0 Å². The molecule has 0 amide bonds. The van der Waals surface area contributed by atoms with E-state index in [4.69, 9.17) is 5.41 Å². The summed E-state index contributed by atoms with van der Waals surface area (Å²) in [6.45, 7) is 4.69. The fourth-order valence-corrected chi connectivity index (χ4v) is 2.84. The maximum Gasteiger partial charge on any atom is 0.130 e. The highest BCUT2D eigenvalue weighted by molar-refractivity contribution is 5.92. The maximum absolute atomic E-state index is 9.42. The first-order valence-electron chi connectivity index (χ1n) is 7.49. The van der Waals surface area contributed by atoms with Crippen LogP contribution < -0.4 is 5.49 Å². The molecule has 0 atom stereocenters. The minimum Gasteiger partial charge on any atom is -0.508 e. The monoisotopic (exact) mass is 308 g/mol. The Hall–Kier alpha value is -2.82. The molecule has 3 aromatic rings. The van der Waals surface area contributed by atoms with E-state index in [-0.39, 0.29) is 5.75 Å². The van der Waals surface area contributed by atoms with E-state index in [2.05, 4.69) is 22.5 Å². The number of phenolic OH excluding ortho intramolecular Hbond substituents is 1. The summed E-state index contributed by atoms with van der Waals surface area (Å²) in [5.74, 6) is 1.07. The molecule has 0 aliphatic carbocycles. The smallest absolute Gasteiger partial charge is 0.130 e. The van der Waals surface area contributed by atoms with E-state index < -0.39 is 0 Å². The predicted octanol–water partition coefficient (Wildman–Crippen LogP) is 2.88. The largest absolute Gasteiger partial charge is 0.508 e. The summed E-state index contributed by atoms with van der Waals surface area (Å²) in [6.07, 6.45) is 0. The third-order valence-electron chi connectivity index (χ3n) is 4.13. The number of aromatic hydroxyl groups is 1. The second kappa shape index (κ2) is 5.76. The van der Waals surface area contributed by atoms with Gasteiger partial charge in [-0.2, -0.15) is 0 Å². The van der Waals surface area contributed by atoms with Gasteiger partial charge in [0.05, 0.1) is 11.0 Å². The molecule has 2 aromatic heterocycles. The summed E-state index contributed by atoms with van der Waals surface area (Å²) in [5, 5.41) is 17.6. The van der Waals surface area contributed by atoms with Crippen molar-refractivity contribution in [3.05, 3.63) is 59.2 Å². The predicted molar refractivity (Wildman–Crippen MR) is 92.2 cm³/mol. The molecule has 5 heteroatoms. The summed E-state index contributed by atoms with van der Waals surface area (Å²) < 4.78 is 4.07. The molecule has 118 valence electrons. The second-order valence-electron chi connectivity index (χ2n) is 5.63. The number of aromatic nitrogens is 2. The zero-order valence-corrected chi connectivity index (χ0v) is 13.5. The highest BCUT2D eigenvalue weighted by Crippen LogP contribution is 2.20. The van der Waals surface area contributed by atoms with E-state index >= 15 is 0 Å². The number of aliphatic imine (C=N–C) groups is 1. The number of nitrogens with zero attached hydrogens (tertiary/aromatic N) is 3. The van der Waals surface area contributed by atoms with Crippen LogP contribution in [0, 0.1) is 12.3 Å². The summed E-state index contributed by atoms with van der Waals surface area (Å²) in [5.41, 5.74) is 4.70. The summed E-state index contributed by atoms with van der Waals surface area (Å²) in [4.78, 5) is 4.22. The Kier molecular flexibility index (Phi) is 3.78. The molecule has 2 heterocycles. The van der Waals surface area contributed by atoms with E-state index in [0.29, 0.717) is 5.49 Å². The topological polar surface area (TPSA) is 66.3 Å². The first-order valence-corrected chi connectivity index (χ1v) is 7.49. The Morgan fingerprint density at radius 2 is 1.83 bits per heavy atom. The van der Waals surface area contributed by atoms with Crippen molar-refractivity contribution < 1.29 is 5.11 Å². The molecular weight excluding hydrogens is 288 g/mol. The summed E-state index contributed by atoms with van der Waals surface area (Å²) in [7, 11) is 1.74. The number of benzene rings is 1. The van der Waals surface area contributed by atoms with Crippen molar-refractivity contribution in [3.8, 4) is 5.75 Å². The number of aryl methyl sites for hydroxylation is 1. The standard InChI is InChI=1S/C18H20N4O/c1-12-10-17-16(8-9-18(19)22(17)13(2)20-3)21(12)11-14-4-6-15(23)7-5-14/h4-10,19,23H,11H2,1-3H3. The molecule has 0 unspecified atom stereocenters. The van der Waals surface area contributed by atoms with Crippen LogP contribution in [0.25, 0.3) is 11.0 Å². The van der Waals surface area contributed by atoms with Crippen molar-refractivity contribution in [1.29, 1.82) is 5.41 Å². The zero-order chi connectivity index (χ0) is 16.6. The first-order chi connectivity index (χ1) is 11.0. The average Bonchev–Trinajstić information content (AvgIpc) is 2.84. The quantitative estimate of drug-likeness (QED) is 0.555. The molecule has 1 aromatic carbocycles.